The van der Waals surface area contributed by atoms with Gasteiger partial charge in [-0.05, 0) is 12.8 Å². The van der Waals surface area contributed by atoms with Crippen LogP contribution in [0.1, 0.15) is 36.6 Å². The van der Waals surface area contributed by atoms with Crippen LogP contribution in [0.15, 0.2) is 10.6 Å². The van der Waals surface area contributed by atoms with Crippen molar-refractivity contribution in [3.8, 4) is 0 Å². The van der Waals surface area contributed by atoms with Crippen LogP contribution in [0.4, 0.5) is 4.79 Å². The number of nitrogens with zero attached hydrogens (tertiary/aromatic N) is 3. The number of aliphatic hydroxyl groups is 1. The molecule has 22 heavy (non-hydrogen) atoms. The molecule has 3 rings (SSSR count). The topological polar surface area (TPSA) is 107 Å². The van der Waals surface area contributed by atoms with E-state index in [1.54, 1.807) is 13.1 Å². The molecule has 120 valence electrons. The van der Waals surface area contributed by atoms with Crippen LogP contribution in [0.5, 0.6) is 0 Å². The Kier molecular flexibility index (Phi) is 3.56. The van der Waals surface area contributed by atoms with Gasteiger partial charge < -0.3 is 24.5 Å². The number of hydrogen-bond donors (Lipinski definition) is 2. The zero-order valence-electron chi connectivity index (χ0n) is 12.4. The highest BCUT2D eigenvalue weighted by atomic mass is 16.5. The second-order valence-corrected chi connectivity index (χ2v) is 6.02. The van der Waals surface area contributed by atoms with Crippen LogP contribution in [-0.4, -0.2) is 63.9 Å². The monoisotopic (exact) mass is 309 g/mol. The van der Waals surface area contributed by atoms with Crippen molar-refractivity contribution in [1.29, 1.82) is 0 Å². The molecule has 2 fully saturated rings. The Hall–Kier alpha value is -2.09. The van der Waals surface area contributed by atoms with E-state index in [0.717, 1.165) is 12.8 Å². The summed E-state index contributed by atoms with van der Waals surface area (Å²) in [6.07, 6.45) is 0.885. The van der Waals surface area contributed by atoms with Crippen molar-refractivity contribution in [2.24, 2.45) is 0 Å². The first kappa shape index (κ1) is 14.8. The molecule has 0 saturated carbocycles. The SMILES string of the molecule is CN1CC[C@@](O)(c2cc(C3CCCN(C(=O)O)C3)no2)C1=O. The van der Waals surface area contributed by atoms with E-state index in [0.29, 0.717) is 25.3 Å². The Balaban J connectivity index is 1.79. The van der Waals surface area contributed by atoms with Crippen LogP contribution in [0, 0.1) is 0 Å². The van der Waals surface area contributed by atoms with Crippen LogP contribution < -0.4 is 0 Å². The third-order valence-electron chi connectivity index (χ3n) is 4.56. The van der Waals surface area contributed by atoms with Gasteiger partial charge in [0.2, 0.25) is 5.60 Å². The summed E-state index contributed by atoms with van der Waals surface area (Å²) in [5.41, 5.74) is -1.06. The lowest BCUT2D eigenvalue weighted by Crippen LogP contribution is -2.38. The predicted octanol–water partition coefficient (Wildman–Crippen LogP) is 0.582. The lowest BCUT2D eigenvalue weighted by molar-refractivity contribution is -0.144. The number of carboxylic acid groups (broad SMARTS) is 1. The van der Waals surface area contributed by atoms with Crippen LogP contribution in [0.3, 0.4) is 0 Å². The van der Waals surface area contributed by atoms with Gasteiger partial charge in [0.1, 0.15) is 0 Å². The molecule has 2 N–H and O–H groups in total. The summed E-state index contributed by atoms with van der Waals surface area (Å²) in [5, 5.41) is 23.6. The van der Waals surface area contributed by atoms with Crippen LogP contribution >= 0.6 is 0 Å². The Morgan fingerprint density at radius 3 is 2.91 bits per heavy atom. The minimum Gasteiger partial charge on any atom is -0.465 e. The molecule has 0 aromatic carbocycles. The molecule has 2 atom stereocenters. The van der Waals surface area contributed by atoms with Gasteiger partial charge >= 0.3 is 6.09 Å². The molecule has 1 aromatic rings. The van der Waals surface area contributed by atoms with Gasteiger partial charge in [-0.1, -0.05) is 5.16 Å². The number of likely N-dealkylation sites (tertiary alicyclic amines) is 2. The maximum atomic E-state index is 12.1. The number of likely N-dealkylation sites (N-methyl/N-ethyl adjacent to an activating group) is 1. The average Bonchev–Trinajstić information content (AvgIpc) is 3.10. The summed E-state index contributed by atoms with van der Waals surface area (Å²) < 4.78 is 5.21. The van der Waals surface area contributed by atoms with E-state index in [9.17, 15) is 14.7 Å². The fraction of sp³-hybridized carbons (Fsp3) is 0.643. The molecule has 0 radical (unpaired) electrons. The molecule has 8 nitrogen and oxygen atoms in total. The van der Waals surface area contributed by atoms with E-state index in [1.165, 1.54) is 9.80 Å². The normalized spacial score (nSPS) is 29.2. The number of aromatic nitrogens is 1. The third kappa shape index (κ3) is 2.33. The Bertz CT molecular complexity index is 601. The van der Waals surface area contributed by atoms with Crippen molar-refractivity contribution in [3.05, 3.63) is 17.5 Å². The summed E-state index contributed by atoms with van der Waals surface area (Å²) >= 11 is 0. The quantitative estimate of drug-likeness (QED) is 0.827. The van der Waals surface area contributed by atoms with Gasteiger partial charge in [-0.2, -0.15) is 0 Å². The van der Waals surface area contributed by atoms with Gasteiger partial charge in [-0.3, -0.25) is 4.79 Å². The average molecular weight is 309 g/mol. The second-order valence-electron chi connectivity index (χ2n) is 6.02. The molecule has 2 aliphatic heterocycles. The molecule has 2 aliphatic rings. The molecular weight excluding hydrogens is 290 g/mol. The molecule has 3 heterocycles. The van der Waals surface area contributed by atoms with Crippen molar-refractivity contribution in [2.45, 2.75) is 30.8 Å². The lowest BCUT2D eigenvalue weighted by atomic mass is 9.93. The van der Waals surface area contributed by atoms with Gasteiger partial charge in [0.15, 0.2) is 5.76 Å². The molecule has 1 aromatic heterocycles. The van der Waals surface area contributed by atoms with Gasteiger partial charge in [-0.15, -0.1) is 0 Å². The van der Waals surface area contributed by atoms with Gasteiger partial charge in [0.05, 0.1) is 5.69 Å². The van der Waals surface area contributed by atoms with Crippen molar-refractivity contribution < 1.29 is 24.3 Å². The van der Waals surface area contributed by atoms with E-state index in [4.69, 9.17) is 9.63 Å². The first-order valence-electron chi connectivity index (χ1n) is 7.34. The van der Waals surface area contributed by atoms with Gasteiger partial charge in [0.25, 0.3) is 5.91 Å². The van der Waals surface area contributed by atoms with E-state index < -0.39 is 17.6 Å². The standard InChI is InChI=1S/C14H19N3O5/c1-16-6-4-14(21,12(16)18)11-7-10(15-22-11)9-3-2-5-17(8-9)13(19)20/h7,9,21H,2-6,8H2,1H3,(H,19,20)/t9?,14-/m1/s1. The smallest absolute Gasteiger partial charge is 0.407 e. The maximum Gasteiger partial charge on any atom is 0.407 e. The van der Waals surface area contributed by atoms with Crippen molar-refractivity contribution in [1.82, 2.24) is 15.0 Å². The van der Waals surface area contributed by atoms with Crippen molar-refractivity contribution in [3.63, 3.8) is 0 Å². The zero-order valence-corrected chi connectivity index (χ0v) is 12.4. The van der Waals surface area contributed by atoms with Crippen molar-refractivity contribution in [2.75, 3.05) is 26.7 Å². The molecule has 8 heteroatoms. The number of hydrogen-bond acceptors (Lipinski definition) is 5. The fourth-order valence-corrected chi connectivity index (χ4v) is 3.15. The number of carbonyl (C=O) groups is 2. The lowest BCUT2D eigenvalue weighted by Gasteiger charge is -2.29. The maximum absolute atomic E-state index is 12.1. The number of carbonyl (C=O) groups excluding carboxylic acids is 1. The van der Waals surface area contributed by atoms with Gasteiger partial charge in [-0.25, -0.2) is 4.79 Å². The summed E-state index contributed by atoms with van der Waals surface area (Å²) in [4.78, 5) is 25.9. The van der Waals surface area contributed by atoms with Crippen LogP contribution in [0.25, 0.3) is 0 Å². The molecule has 2 amide bonds. The summed E-state index contributed by atoms with van der Waals surface area (Å²) in [5.74, 6) is -0.324. The number of rotatable bonds is 2. The van der Waals surface area contributed by atoms with E-state index in [1.807, 2.05) is 0 Å². The highest BCUT2D eigenvalue weighted by molar-refractivity contribution is 5.87. The zero-order chi connectivity index (χ0) is 15.9. The minimum absolute atomic E-state index is 0.0693. The van der Waals surface area contributed by atoms with Gasteiger partial charge in [0, 0.05) is 45.1 Å². The molecular formula is C14H19N3O5. The van der Waals surface area contributed by atoms with E-state index >= 15 is 0 Å². The third-order valence-corrected chi connectivity index (χ3v) is 4.56. The van der Waals surface area contributed by atoms with Crippen LogP contribution in [0.2, 0.25) is 0 Å². The molecule has 2 saturated heterocycles. The predicted molar refractivity (Wildman–Crippen MR) is 74.2 cm³/mol. The Morgan fingerprint density at radius 1 is 1.50 bits per heavy atom. The number of amides is 2. The summed E-state index contributed by atoms with van der Waals surface area (Å²) in [6.45, 7) is 1.33. The number of piperidine rings is 1. The van der Waals surface area contributed by atoms with Crippen LogP contribution in [-0.2, 0) is 10.4 Å². The summed E-state index contributed by atoms with van der Waals surface area (Å²) in [6, 6.07) is 1.59. The highest BCUT2D eigenvalue weighted by Crippen LogP contribution is 2.35. The first-order chi connectivity index (χ1) is 10.4. The summed E-state index contributed by atoms with van der Waals surface area (Å²) in [7, 11) is 1.63. The first-order valence-corrected chi connectivity index (χ1v) is 7.34. The fourth-order valence-electron chi connectivity index (χ4n) is 3.15. The Labute approximate surface area is 127 Å². The highest BCUT2D eigenvalue weighted by Gasteiger charge is 2.48. The molecule has 0 bridgehead atoms. The van der Waals surface area contributed by atoms with E-state index in [2.05, 4.69) is 5.16 Å². The van der Waals surface area contributed by atoms with E-state index in [-0.39, 0.29) is 18.1 Å². The molecule has 1 unspecified atom stereocenters. The largest absolute Gasteiger partial charge is 0.465 e. The minimum atomic E-state index is -1.65. The van der Waals surface area contributed by atoms with Crippen molar-refractivity contribution >= 4 is 12.0 Å². The molecule has 0 aliphatic carbocycles. The second kappa shape index (κ2) is 5.28. The Morgan fingerprint density at radius 2 is 2.27 bits per heavy atom. The molecule has 0 spiro atoms.